The van der Waals surface area contributed by atoms with Crippen molar-refractivity contribution in [1.82, 2.24) is 19.7 Å². The van der Waals surface area contributed by atoms with Gasteiger partial charge in [0.25, 0.3) is 0 Å². The van der Waals surface area contributed by atoms with Crippen LogP contribution in [0.4, 0.5) is 0 Å². The van der Waals surface area contributed by atoms with Gasteiger partial charge in [-0.3, -0.25) is 9.78 Å². The van der Waals surface area contributed by atoms with Gasteiger partial charge in [0.1, 0.15) is 5.82 Å². The van der Waals surface area contributed by atoms with E-state index in [2.05, 4.69) is 22.2 Å². The zero-order valence-electron chi connectivity index (χ0n) is 13.4. The highest BCUT2D eigenvalue weighted by molar-refractivity contribution is 5.79. The third kappa shape index (κ3) is 2.99. The number of aromatic nitrogens is 3. The quantitative estimate of drug-likeness (QED) is 0.867. The maximum Gasteiger partial charge on any atom is 0.343 e. The Morgan fingerprint density at radius 1 is 1.13 bits per heavy atom. The van der Waals surface area contributed by atoms with E-state index in [9.17, 15) is 9.59 Å². The van der Waals surface area contributed by atoms with Gasteiger partial charge in [-0.15, -0.1) is 0 Å². The van der Waals surface area contributed by atoms with Gasteiger partial charge in [-0.1, -0.05) is 12.2 Å². The molecule has 1 aromatic rings. The van der Waals surface area contributed by atoms with Gasteiger partial charge in [-0.2, -0.15) is 5.10 Å². The molecular formula is C17H24N4O2. The molecule has 0 aromatic carbocycles. The molecule has 2 fully saturated rings. The van der Waals surface area contributed by atoms with E-state index in [0.717, 1.165) is 63.9 Å². The van der Waals surface area contributed by atoms with Crippen molar-refractivity contribution in [3.05, 3.63) is 28.5 Å². The molecular weight excluding hydrogens is 292 g/mol. The van der Waals surface area contributed by atoms with E-state index >= 15 is 0 Å². The van der Waals surface area contributed by atoms with Crippen LogP contribution in [0.1, 0.15) is 62.7 Å². The topological polar surface area (TPSA) is 71.0 Å². The number of hydrogen-bond donors (Lipinski definition) is 1. The van der Waals surface area contributed by atoms with Gasteiger partial charge in [0.15, 0.2) is 0 Å². The lowest BCUT2D eigenvalue weighted by molar-refractivity contribution is -0.137. The summed E-state index contributed by atoms with van der Waals surface area (Å²) in [6.07, 6.45) is 11.1. The highest BCUT2D eigenvalue weighted by Crippen LogP contribution is 2.37. The molecule has 0 spiro atoms. The van der Waals surface area contributed by atoms with E-state index in [1.165, 1.54) is 0 Å². The average molecular weight is 316 g/mol. The van der Waals surface area contributed by atoms with E-state index < -0.39 is 0 Å². The van der Waals surface area contributed by atoms with Crippen molar-refractivity contribution in [1.29, 1.82) is 0 Å². The second-order valence-corrected chi connectivity index (χ2v) is 7.07. The van der Waals surface area contributed by atoms with Crippen molar-refractivity contribution in [3.8, 4) is 0 Å². The van der Waals surface area contributed by atoms with E-state index in [1.54, 1.807) is 4.68 Å². The molecule has 1 N–H and O–H groups in total. The molecule has 1 saturated carbocycles. The van der Waals surface area contributed by atoms with Crippen molar-refractivity contribution < 1.29 is 4.79 Å². The summed E-state index contributed by atoms with van der Waals surface area (Å²) in [7, 11) is 0. The van der Waals surface area contributed by atoms with Crippen molar-refractivity contribution in [2.75, 3.05) is 13.1 Å². The number of nitrogens with one attached hydrogen (secondary N) is 1. The Morgan fingerprint density at radius 3 is 2.57 bits per heavy atom. The number of carbonyl (C=O) groups is 1. The normalized spacial score (nSPS) is 25.7. The van der Waals surface area contributed by atoms with Crippen molar-refractivity contribution in [2.24, 2.45) is 5.92 Å². The van der Waals surface area contributed by atoms with Crippen LogP contribution in [-0.4, -0.2) is 38.7 Å². The lowest BCUT2D eigenvalue weighted by Gasteiger charge is -2.34. The molecule has 23 heavy (non-hydrogen) atoms. The SMILES string of the molecule is O=C([C@@H]1CC=CCC1)N1CCC(n2nc(C3CC3)[nH]c2=O)CC1. The number of H-pyrrole nitrogens is 1. The molecule has 2 heterocycles. The highest BCUT2D eigenvalue weighted by Gasteiger charge is 2.32. The third-order valence-electron chi connectivity index (χ3n) is 5.36. The first-order valence-corrected chi connectivity index (χ1v) is 8.85. The summed E-state index contributed by atoms with van der Waals surface area (Å²) in [6.45, 7) is 1.48. The molecule has 0 unspecified atom stereocenters. The van der Waals surface area contributed by atoms with Crippen LogP contribution in [0.5, 0.6) is 0 Å². The second-order valence-electron chi connectivity index (χ2n) is 7.07. The number of nitrogens with zero attached hydrogens (tertiary/aromatic N) is 3. The van der Waals surface area contributed by atoms with E-state index in [0.29, 0.717) is 11.8 Å². The largest absolute Gasteiger partial charge is 0.343 e. The number of allylic oxidation sites excluding steroid dienone is 2. The molecule has 4 rings (SSSR count). The van der Waals surface area contributed by atoms with Gasteiger partial charge in [-0.05, 0) is 44.9 Å². The fourth-order valence-electron chi connectivity index (χ4n) is 3.75. The van der Waals surface area contributed by atoms with Crippen LogP contribution in [0.2, 0.25) is 0 Å². The highest BCUT2D eigenvalue weighted by atomic mass is 16.2. The molecule has 124 valence electrons. The van der Waals surface area contributed by atoms with Crippen LogP contribution in [0.25, 0.3) is 0 Å². The first-order valence-electron chi connectivity index (χ1n) is 8.85. The molecule has 1 atom stereocenters. The molecule has 1 amide bonds. The number of carbonyl (C=O) groups excluding carboxylic acids is 1. The third-order valence-corrected chi connectivity index (χ3v) is 5.36. The fourth-order valence-corrected chi connectivity index (χ4v) is 3.75. The molecule has 1 saturated heterocycles. The molecule has 0 bridgehead atoms. The van der Waals surface area contributed by atoms with Crippen molar-refractivity contribution in [2.45, 2.75) is 56.9 Å². The Balaban J connectivity index is 1.38. The minimum Gasteiger partial charge on any atom is -0.342 e. The lowest BCUT2D eigenvalue weighted by atomic mass is 9.92. The number of hydrogen-bond acceptors (Lipinski definition) is 3. The Hall–Kier alpha value is -1.85. The average Bonchev–Trinajstić information content (AvgIpc) is 3.38. The van der Waals surface area contributed by atoms with E-state index in [4.69, 9.17) is 0 Å². The maximum atomic E-state index is 12.6. The summed E-state index contributed by atoms with van der Waals surface area (Å²) in [5.74, 6) is 1.76. The minimum atomic E-state index is -0.0888. The van der Waals surface area contributed by atoms with Gasteiger partial charge in [0.2, 0.25) is 5.91 Å². The summed E-state index contributed by atoms with van der Waals surface area (Å²) in [6, 6.07) is 0.126. The molecule has 2 aliphatic carbocycles. The fraction of sp³-hybridized carbons (Fsp3) is 0.706. The monoisotopic (exact) mass is 316 g/mol. The van der Waals surface area contributed by atoms with E-state index in [-0.39, 0.29) is 17.6 Å². The molecule has 0 radical (unpaired) electrons. The molecule has 1 aliphatic heterocycles. The summed E-state index contributed by atoms with van der Waals surface area (Å²) in [5.41, 5.74) is -0.0888. The van der Waals surface area contributed by atoms with Crippen LogP contribution in [0, 0.1) is 5.92 Å². The summed E-state index contributed by atoms with van der Waals surface area (Å²) in [5, 5.41) is 4.49. The Bertz CT molecular complexity index is 662. The predicted octanol–water partition coefficient (Wildman–Crippen LogP) is 1.97. The summed E-state index contributed by atoms with van der Waals surface area (Å²) in [4.78, 5) is 29.5. The lowest BCUT2D eigenvalue weighted by Crippen LogP contribution is -2.43. The zero-order valence-corrected chi connectivity index (χ0v) is 13.4. The van der Waals surface area contributed by atoms with Crippen LogP contribution >= 0.6 is 0 Å². The zero-order chi connectivity index (χ0) is 15.8. The molecule has 6 heteroatoms. The number of rotatable bonds is 3. The maximum absolute atomic E-state index is 12.6. The van der Waals surface area contributed by atoms with Crippen LogP contribution in [0.3, 0.4) is 0 Å². The standard InChI is InChI=1S/C17H24N4O2/c22-16(13-4-2-1-3-5-13)20-10-8-14(9-11-20)21-17(23)18-15(19-21)12-6-7-12/h1-2,12-14H,3-11H2,(H,18,19,23)/t13-/m1/s1. The van der Waals surface area contributed by atoms with Gasteiger partial charge in [0, 0.05) is 24.9 Å². The first kappa shape index (κ1) is 14.7. The predicted molar refractivity (Wildman–Crippen MR) is 86.2 cm³/mol. The van der Waals surface area contributed by atoms with Gasteiger partial charge in [-0.25, -0.2) is 9.48 Å². The van der Waals surface area contributed by atoms with Crippen molar-refractivity contribution in [3.63, 3.8) is 0 Å². The Kier molecular flexibility index (Phi) is 3.83. The number of amides is 1. The molecule has 3 aliphatic rings. The summed E-state index contributed by atoms with van der Waals surface area (Å²) >= 11 is 0. The molecule has 6 nitrogen and oxygen atoms in total. The smallest absolute Gasteiger partial charge is 0.342 e. The van der Waals surface area contributed by atoms with Crippen LogP contribution in [0.15, 0.2) is 16.9 Å². The number of likely N-dealkylation sites (tertiary alicyclic amines) is 1. The van der Waals surface area contributed by atoms with Gasteiger partial charge in [0.05, 0.1) is 6.04 Å². The summed E-state index contributed by atoms with van der Waals surface area (Å²) < 4.78 is 1.62. The number of piperidine rings is 1. The van der Waals surface area contributed by atoms with Crippen LogP contribution in [-0.2, 0) is 4.79 Å². The van der Waals surface area contributed by atoms with Crippen molar-refractivity contribution >= 4 is 5.91 Å². The Morgan fingerprint density at radius 2 is 1.91 bits per heavy atom. The minimum absolute atomic E-state index is 0.0888. The van der Waals surface area contributed by atoms with Gasteiger partial charge < -0.3 is 4.90 Å². The van der Waals surface area contributed by atoms with Crippen LogP contribution < -0.4 is 5.69 Å². The Labute approximate surface area is 135 Å². The number of aromatic amines is 1. The molecule has 1 aromatic heterocycles. The van der Waals surface area contributed by atoms with Gasteiger partial charge >= 0.3 is 5.69 Å². The van der Waals surface area contributed by atoms with E-state index in [1.807, 2.05) is 4.90 Å². The second kappa shape index (κ2) is 5.98. The first-order chi connectivity index (χ1) is 11.2.